The molecule has 156 valence electrons. The van der Waals surface area contributed by atoms with Crippen LogP contribution in [0.1, 0.15) is 26.2 Å². The standard InChI is InChI=1S/C22H26ClFN2O3/c1-2-28-20-5-3-4-6-21(20)29-17-9-12-26(13-10-17)14-11-22(27)25-19-8-7-16(23)15-18(19)24/h3-8,15,17H,2,9-14H2,1H3,(H,25,27). The number of amides is 1. The van der Waals surface area contributed by atoms with E-state index in [-0.39, 0.29) is 17.7 Å². The van der Waals surface area contributed by atoms with Gasteiger partial charge in [-0.15, -0.1) is 0 Å². The SMILES string of the molecule is CCOc1ccccc1OC1CCN(CCC(=O)Nc2ccc(Cl)cc2F)CC1. The van der Waals surface area contributed by atoms with Gasteiger partial charge < -0.3 is 19.7 Å². The number of piperidine rings is 1. The molecule has 1 heterocycles. The van der Waals surface area contributed by atoms with E-state index in [0.29, 0.717) is 24.6 Å². The Hall–Kier alpha value is -2.31. The number of nitrogens with zero attached hydrogens (tertiary/aromatic N) is 1. The number of ether oxygens (including phenoxy) is 2. The van der Waals surface area contributed by atoms with Crippen LogP contribution < -0.4 is 14.8 Å². The number of rotatable bonds is 8. The van der Waals surface area contributed by atoms with Crippen molar-refractivity contribution in [3.8, 4) is 11.5 Å². The largest absolute Gasteiger partial charge is 0.490 e. The van der Waals surface area contributed by atoms with Crippen molar-refractivity contribution in [1.82, 2.24) is 4.90 Å². The highest BCUT2D eigenvalue weighted by atomic mass is 35.5. The van der Waals surface area contributed by atoms with E-state index >= 15 is 0 Å². The summed E-state index contributed by atoms with van der Waals surface area (Å²) in [5, 5.41) is 2.90. The van der Waals surface area contributed by atoms with E-state index < -0.39 is 5.82 Å². The van der Waals surface area contributed by atoms with Crippen molar-refractivity contribution in [3.05, 3.63) is 53.3 Å². The minimum atomic E-state index is -0.531. The van der Waals surface area contributed by atoms with Crippen molar-refractivity contribution in [2.45, 2.75) is 32.3 Å². The Kier molecular flexibility index (Phi) is 7.72. The maximum Gasteiger partial charge on any atom is 0.225 e. The topological polar surface area (TPSA) is 50.8 Å². The Morgan fingerprint density at radius 2 is 1.93 bits per heavy atom. The van der Waals surface area contributed by atoms with Crippen LogP contribution in [0.3, 0.4) is 0 Å². The number of halogens is 2. The lowest BCUT2D eigenvalue weighted by Gasteiger charge is -2.32. The van der Waals surface area contributed by atoms with Crippen LogP contribution >= 0.6 is 11.6 Å². The molecule has 2 aromatic rings. The molecule has 7 heteroatoms. The number of para-hydroxylation sites is 2. The Morgan fingerprint density at radius 1 is 1.21 bits per heavy atom. The molecule has 0 aliphatic carbocycles. The van der Waals surface area contributed by atoms with Crippen molar-refractivity contribution in [3.63, 3.8) is 0 Å². The lowest BCUT2D eigenvalue weighted by molar-refractivity contribution is -0.116. The van der Waals surface area contributed by atoms with Gasteiger partial charge in [-0.05, 0) is 50.1 Å². The molecule has 1 saturated heterocycles. The third kappa shape index (κ3) is 6.34. The zero-order valence-corrected chi connectivity index (χ0v) is 17.3. The fourth-order valence-corrected chi connectivity index (χ4v) is 3.47. The van der Waals surface area contributed by atoms with Gasteiger partial charge in [-0.25, -0.2) is 4.39 Å². The van der Waals surface area contributed by atoms with Crippen molar-refractivity contribution in [2.24, 2.45) is 0 Å². The summed E-state index contributed by atoms with van der Waals surface area (Å²) in [6.45, 7) is 4.88. The molecule has 3 rings (SSSR count). The second-order valence-electron chi connectivity index (χ2n) is 6.96. The molecule has 0 bridgehead atoms. The molecular formula is C22H26ClFN2O3. The van der Waals surface area contributed by atoms with Crippen molar-refractivity contribution >= 4 is 23.2 Å². The summed E-state index contributed by atoms with van der Waals surface area (Å²) >= 11 is 5.73. The zero-order chi connectivity index (χ0) is 20.6. The molecule has 1 N–H and O–H groups in total. The molecule has 0 atom stereocenters. The van der Waals surface area contributed by atoms with Gasteiger partial charge in [0.05, 0.1) is 12.3 Å². The number of nitrogens with one attached hydrogen (secondary N) is 1. The normalized spacial score (nSPS) is 15.1. The lowest BCUT2D eigenvalue weighted by atomic mass is 10.1. The Morgan fingerprint density at radius 3 is 2.62 bits per heavy atom. The zero-order valence-electron chi connectivity index (χ0n) is 16.5. The highest BCUT2D eigenvalue weighted by Crippen LogP contribution is 2.29. The Bertz CT molecular complexity index is 825. The number of carbonyl (C=O) groups is 1. The van der Waals surface area contributed by atoms with Gasteiger partial charge in [0.2, 0.25) is 5.91 Å². The first-order valence-electron chi connectivity index (χ1n) is 9.91. The second-order valence-corrected chi connectivity index (χ2v) is 7.40. The van der Waals surface area contributed by atoms with E-state index in [2.05, 4.69) is 10.2 Å². The van der Waals surface area contributed by atoms with Crippen LogP contribution in [0.5, 0.6) is 11.5 Å². The summed E-state index contributed by atoms with van der Waals surface area (Å²) in [5.74, 6) is 0.798. The predicted octanol–water partition coefficient (Wildman–Crippen LogP) is 4.75. The minimum Gasteiger partial charge on any atom is -0.490 e. The average molecular weight is 421 g/mol. The molecule has 0 aromatic heterocycles. The highest BCUT2D eigenvalue weighted by molar-refractivity contribution is 6.30. The van der Waals surface area contributed by atoms with E-state index in [1.165, 1.54) is 12.1 Å². The molecule has 1 aliphatic rings. The molecule has 1 fully saturated rings. The monoisotopic (exact) mass is 420 g/mol. The fraction of sp³-hybridized carbons (Fsp3) is 0.409. The smallest absolute Gasteiger partial charge is 0.225 e. The molecule has 0 saturated carbocycles. The number of benzene rings is 2. The number of likely N-dealkylation sites (tertiary alicyclic amines) is 1. The van der Waals surface area contributed by atoms with Crippen molar-refractivity contribution in [1.29, 1.82) is 0 Å². The Labute approximate surface area is 175 Å². The average Bonchev–Trinajstić information content (AvgIpc) is 2.71. The van der Waals surface area contributed by atoms with Gasteiger partial charge in [0.15, 0.2) is 11.5 Å². The van der Waals surface area contributed by atoms with Gasteiger partial charge >= 0.3 is 0 Å². The van der Waals surface area contributed by atoms with Crippen molar-refractivity contribution in [2.75, 3.05) is 31.6 Å². The van der Waals surface area contributed by atoms with Gasteiger partial charge in [0.1, 0.15) is 11.9 Å². The first kappa shape index (κ1) is 21.4. The van der Waals surface area contributed by atoms with Crippen LogP contribution in [0, 0.1) is 5.82 Å². The molecule has 2 aromatic carbocycles. The van der Waals surface area contributed by atoms with Gasteiger partial charge in [-0.1, -0.05) is 23.7 Å². The molecule has 29 heavy (non-hydrogen) atoms. The summed E-state index contributed by atoms with van der Waals surface area (Å²) in [7, 11) is 0. The molecular weight excluding hydrogens is 395 g/mol. The first-order valence-corrected chi connectivity index (χ1v) is 10.3. The summed E-state index contributed by atoms with van der Waals surface area (Å²) in [6.07, 6.45) is 2.20. The van der Waals surface area contributed by atoms with Gasteiger partial charge in [0.25, 0.3) is 0 Å². The third-order valence-corrected chi connectivity index (χ3v) is 5.07. The van der Waals surface area contributed by atoms with Gasteiger partial charge in [-0.2, -0.15) is 0 Å². The molecule has 5 nitrogen and oxygen atoms in total. The summed E-state index contributed by atoms with van der Waals surface area (Å²) in [5.41, 5.74) is 0.152. The Balaban J connectivity index is 1.41. The highest BCUT2D eigenvalue weighted by Gasteiger charge is 2.22. The predicted molar refractivity (Wildman–Crippen MR) is 112 cm³/mol. The van der Waals surface area contributed by atoms with E-state index in [1.807, 2.05) is 31.2 Å². The van der Waals surface area contributed by atoms with Gasteiger partial charge in [-0.3, -0.25) is 4.79 Å². The van der Waals surface area contributed by atoms with Crippen molar-refractivity contribution < 1.29 is 18.7 Å². The summed E-state index contributed by atoms with van der Waals surface area (Å²) in [6, 6.07) is 11.9. The summed E-state index contributed by atoms with van der Waals surface area (Å²) in [4.78, 5) is 14.3. The van der Waals surface area contributed by atoms with E-state index in [9.17, 15) is 9.18 Å². The molecule has 0 radical (unpaired) electrons. The first-order chi connectivity index (χ1) is 14.0. The van der Waals surface area contributed by atoms with E-state index in [0.717, 1.165) is 37.4 Å². The minimum absolute atomic E-state index is 0.129. The second kappa shape index (κ2) is 10.5. The van der Waals surface area contributed by atoms with Crippen LogP contribution in [-0.4, -0.2) is 43.2 Å². The van der Waals surface area contributed by atoms with E-state index in [1.54, 1.807) is 6.07 Å². The fourth-order valence-electron chi connectivity index (χ4n) is 3.32. The maximum absolute atomic E-state index is 13.8. The molecule has 0 spiro atoms. The van der Waals surface area contributed by atoms with Crippen LogP contribution in [0.25, 0.3) is 0 Å². The number of hydrogen-bond acceptors (Lipinski definition) is 4. The molecule has 1 aliphatic heterocycles. The molecule has 1 amide bonds. The van der Waals surface area contributed by atoms with Crippen LogP contribution in [-0.2, 0) is 4.79 Å². The quantitative estimate of drug-likeness (QED) is 0.669. The van der Waals surface area contributed by atoms with Crippen LogP contribution in [0.2, 0.25) is 5.02 Å². The summed E-state index contributed by atoms with van der Waals surface area (Å²) < 4.78 is 25.5. The van der Waals surface area contributed by atoms with Crippen LogP contribution in [0.4, 0.5) is 10.1 Å². The number of carbonyl (C=O) groups excluding carboxylic acids is 1. The number of anilines is 1. The van der Waals surface area contributed by atoms with Gasteiger partial charge in [0, 0.05) is 31.1 Å². The van der Waals surface area contributed by atoms with E-state index in [4.69, 9.17) is 21.1 Å². The third-order valence-electron chi connectivity index (χ3n) is 4.84. The van der Waals surface area contributed by atoms with Crippen LogP contribution in [0.15, 0.2) is 42.5 Å². The maximum atomic E-state index is 13.8. The lowest BCUT2D eigenvalue weighted by Crippen LogP contribution is -2.39. The molecule has 0 unspecified atom stereocenters. The number of hydrogen-bond donors (Lipinski definition) is 1.